The van der Waals surface area contributed by atoms with Crippen molar-refractivity contribution in [3.05, 3.63) is 64.8 Å². The maximum absolute atomic E-state index is 6.09. The highest BCUT2D eigenvalue weighted by Crippen LogP contribution is 2.30. The molecule has 1 aromatic heterocycles. The molecule has 0 amide bonds. The van der Waals surface area contributed by atoms with Crippen molar-refractivity contribution in [1.29, 1.82) is 0 Å². The molecule has 0 aliphatic carbocycles. The lowest BCUT2D eigenvalue weighted by Crippen LogP contribution is -2.32. The van der Waals surface area contributed by atoms with Gasteiger partial charge in [0.15, 0.2) is 5.82 Å². The van der Waals surface area contributed by atoms with E-state index >= 15 is 0 Å². The summed E-state index contributed by atoms with van der Waals surface area (Å²) in [4.78, 5) is 6.75. The first kappa shape index (κ1) is 16.6. The maximum Gasteiger partial charge on any atom is 0.247 e. The van der Waals surface area contributed by atoms with Gasteiger partial charge in [0.2, 0.25) is 5.95 Å². The molecule has 2 heterocycles. The van der Waals surface area contributed by atoms with Gasteiger partial charge in [0.1, 0.15) is 5.75 Å². The Labute approximate surface area is 156 Å². The molecular weight excluding hydrogens is 350 g/mol. The number of benzene rings is 2. The molecule has 6 nitrogen and oxygen atoms in total. The predicted molar refractivity (Wildman–Crippen MR) is 102 cm³/mol. The van der Waals surface area contributed by atoms with Gasteiger partial charge in [-0.05, 0) is 35.7 Å². The van der Waals surface area contributed by atoms with Crippen molar-refractivity contribution in [2.75, 3.05) is 23.9 Å². The zero-order chi connectivity index (χ0) is 17.9. The molecule has 1 aliphatic rings. The molecule has 7 heteroatoms. The Morgan fingerprint density at radius 3 is 2.85 bits per heavy atom. The van der Waals surface area contributed by atoms with E-state index in [1.54, 1.807) is 25.4 Å². The Hall–Kier alpha value is -2.86. The molecule has 1 N–H and O–H groups in total. The van der Waals surface area contributed by atoms with E-state index in [1.165, 1.54) is 11.1 Å². The van der Waals surface area contributed by atoms with E-state index in [1.807, 2.05) is 6.07 Å². The lowest BCUT2D eigenvalue weighted by atomic mass is 10.0. The summed E-state index contributed by atoms with van der Waals surface area (Å²) in [5.41, 5.74) is 3.42. The van der Waals surface area contributed by atoms with Gasteiger partial charge in [-0.3, -0.25) is 0 Å². The van der Waals surface area contributed by atoms with E-state index in [9.17, 15) is 0 Å². The summed E-state index contributed by atoms with van der Waals surface area (Å²) < 4.78 is 5.36. The highest BCUT2D eigenvalue weighted by atomic mass is 35.5. The SMILES string of the molecule is COc1ccc(Cl)cc1Nc1cnnc(N2CCc3ccccc3C2)n1. The van der Waals surface area contributed by atoms with E-state index in [0.29, 0.717) is 22.5 Å². The predicted octanol–water partition coefficient (Wildman–Crippen LogP) is 3.84. The van der Waals surface area contributed by atoms with E-state index in [4.69, 9.17) is 16.3 Å². The summed E-state index contributed by atoms with van der Waals surface area (Å²) in [6, 6.07) is 13.8. The number of hydrogen-bond acceptors (Lipinski definition) is 6. The largest absolute Gasteiger partial charge is 0.495 e. The monoisotopic (exact) mass is 367 g/mol. The van der Waals surface area contributed by atoms with Crippen LogP contribution in [0.25, 0.3) is 0 Å². The minimum atomic E-state index is 0.592. The Morgan fingerprint density at radius 1 is 1.15 bits per heavy atom. The van der Waals surface area contributed by atoms with Gasteiger partial charge < -0.3 is 15.0 Å². The lowest BCUT2D eigenvalue weighted by molar-refractivity contribution is 0.417. The Morgan fingerprint density at radius 2 is 2.00 bits per heavy atom. The lowest BCUT2D eigenvalue weighted by Gasteiger charge is -2.28. The summed E-state index contributed by atoms with van der Waals surface area (Å²) in [7, 11) is 1.61. The van der Waals surface area contributed by atoms with Crippen LogP contribution in [0.3, 0.4) is 0 Å². The number of aromatic nitrogens is 3. The van der Waals surface area contributed by atoms with Crippen molar-refractivity contribution < 1.29 is 4.74 Å². The van der Waals surface area contributed by atoms with Gasteiger partial charge in [-0.1, -0.05) is 35.9 Å². The first-order valence-corrected chi connectivity index (χ1v) is 8.73. The van der Waals surface area contributed by atoms with E-state index in [2.05, 4.69) is 49.7 Å². The topological polar surface area (TPSA) is 63.2 Å². The van der Waals surface area contributed by atoms with Gasteiger partial charge in [-0.15, -0.1) is 5.10 Å². The molecule has 0 radical (unpaired) electrons. The van der Waals surface area contributed by atoms with Crippen LogP contribution < -0.4 is 15.0 Å². The second kappa shape index (κ2) is 7.17. The Bertz CT molecular complexity index is 933. The average Bonchev–Trinajstić information content (AvgIpc) is 2.68. The molecule has 3 aromatic rings. The molecule has 0 fully saturated rings. The second-order valence-electron chi connectivity index (χ2n) is 6.05. The number of nitrogens with zero attached hydrogens (tertiary/aromatic N) is 4. The molecular formula is C19H18ClN5O. The Kier molecular flexibility index (Phi) is 4.58. The van der Waals surface area contributed by atoms with E-state index in [0.717, 1.165) is 25.2 Å². The van der Waals surface area contributed by atoms with Crippen LogP contribution in [-0.4, -0.2) is 28.8 Å². The number of rotatable bonds is 4. The number of methoxy groups -OCH3 is 1. The van der Waals surface area contributed by atoms with Crippen molar-refractivity contribution in [2.24, 2.45) is 0 Å². The average molecular weight is 368 g/mol. The maximum atomic E-state index is 6.09. The first-order chi connectivity index (χ1) is 12.7. The molecule has 1 aliphatic heterocycles. The molecule has 0 saturated carbocycles. The van der Waals surface area contributed by atoms with Gasteiger partial charge in [0, 0.05) is 18.1 Å². The van der Waals surface area contributed by atoms with Crippen LogP contribution in [0.1, 0.15) is 11.1 Å². The second-order valence-corrected chi connectivity index (χ2v) is 6.49. The number of nitrogens with one attached hydrogen (secondary N) is 1. The van der Waals surface area contributed by atoms with Crippen LogP contribution in [-0.2, 0) is 13.0 Å². The van der Waals surface area contributed by atoms with Crippen LogP contribution >= 0.6 is 11.6 Å². The quantitative estimate of drug-likeness (QED) is 0.755. The van der Waals surface area contributed by atoms with Gasteiger partial charge in [0.05, 0.1) is 19.0 Å². The van der Waals surface area contributed by atoms with Gasteiger partial charge in [0.25, 0.3) is 0 Å². The third kappa shape index (κ3) is 3.41. The van der Waals surface area contributed by atoms with Crippen LogP contribution in [0.2, 0.25) is 5.02 Å². The highest BCUT2D eigenvalue weighted by Gasteiger charge is 2.19. The van der Waals surface area contributed by atoms with E-state index < -0.39 is 0 Å². The number of ether oxygens (including phenoxy) is 1. The third-order valence-corrected chi connectivity index (χ3v) is 4.62. The number of hydrogen-bond donors (Lipinski definition) is 1. The van der Waals surface area contributed by atoms with Crippen LogP contribution in [0.15, 0.2) is 48.7 Å². The van der Waals surface area contributed by atoms with Crippen molar-refractivity contribution >= 4 is 29.1 Å². The highest BCUT2D eigenvalue weighted by molar-refractivity contribution is 6.31. The van der Waals surface area contributed by atoms with Gasteiger partial charge >= 0.3 is 0 Å². The number of anilines is 3. The zero-order valence-electron chi connectivity index (χ0n) is 14.3. The molecule has 4 rings (SSSR count). The minimum absolute atomic E-state index is 0.592. The van der Waals surface area contributed by atoms with Crippen LogP contribution in [0.5, 0.6) is 5.75 Å². The summed E-state index contributed by atoms with van der Waals surface area (Å²) in [5.74, 6) is 1.88. The molecule has 132 valence electrons. The minimum Gasteiger partial charge on any atom is -0.495 e. The molecule has 2 aromatic carbocycles. The molecule has 0 atom stereocenters. The van der Waals surface area contributed by atoms with Crippen molar-refractivity contribution in [2.45, 2.75) is 13.0 Å². The number of halogens is 1. The summed E-state index contributed by atoms with van der Waals surface area (Å²) in [5, 5.41) is 12.1. The van der Waals surface area contributed by atoms with Crippen molar-refractivity contribution in [1.82, 2.24) is 15.2 Å². The first-order valence-electron chi connectivity index (χ1n) is 8.35. The smallest absolute Gasteiger partial charge is 0.247 e. The summed E-state index contributed by atoms with van der Waals surface area (Å²) in [6.07, 6.45) is 2.56. The molecule has 0 bridgehead atoms. The third-order valence-electron chi connectivity index (χ3n) is 4.39. The molecule has 26 heavy (non-hydrogen) atoms. The van der Waals surface area contributed by atoms with Gasteiger partial charge in [-0.25, -0.2) is 0 Å². The fourth-order valence-electron chi connectivity index (χ4n) is 3.07. The summed E-state index contributed by atoms with van der Waals surface area (Å²) >= 11 is 6.09. The van der Waals surface area contributed by atoms with Crippen LogP contribution in [0, 0.1) is 0 Å². The fraction of sp³-hybridized carbons (Fsp3) is 0.211. The van der Waals surface area contributed by atoms with E-state index in [-0.39, 0.29) is 0 Å². The molecule has 0 spiro atoms. The zero-order valence-corrected chi connectivity index (χ0v) is 15.1. The fourth-order valence-corrected chi connectivity index (χ4v) is 3.24. The standard InChI is InChI=1S/C19H18ClN5O/c1-26-17-7-6-15(20)10-16(17)22-18-11-21-24-19(23-18)25-9-8-13-4-2-3-5-14(13)12-25/h2-7,10-11H,8-9,12H2,1H3,(H,22,23,24). The number of fused-ring (bicyclic) bond motifs is 1. The van der Waals surface area contributed by atoms with Crippen molar-refractivity contribution in [3.8, 4) is 5.75 Å². The van der Waals surface area contributed by atoms with Crippen molar-refractivity contribution in [3.63, 3.8) is 0 Å². The molecule has 0 unspecified atom stereocenters. The van der Waals surface area contributed by atoms with Crippen LogP contribution in [0.4, 0.5) is 17.5 Å². The Balaban J connectivity index is 1.57. The van der Waals surface area contributed by atoms with Gasteiger partial charge in [-0.2, -0.15) is 10.1 Å². The normalized spacial score (nSPS) is 13.2. The summed E-state index contributed by atoms with van der Waals surface area (Å²) in [6.45, 7) is 1.64. The molecule has 0 saturated heterocycles.